The lowest BCUT2D eigenvalue weighted by Gasteiger charge is -2.35. The Bertz CT molecular complexity index is 754. The second-order valence-corrected chi connectivity index (χ2v) is 6.52. The van der Waals surface area contributed by atoms with Gasteiger partial charge in [-0.25, -0.2) is 0 Å². The lowest BCUT2D eigenvalue weighted by molar-refractivity contribution is 0.0678. The molecule has 2 aromatic rings. The zero-order valence-electron chi connectivity index (χ0n) is 14.3. The van der Waals surface area contributed by atoms with E-state index >= 15 is 0 Å². The van der Waals surface area contributed by atoms with Crippen molar-refractivity contribution in [2.45, 2.75) is 25.1 Å². The van der Waals surface area contributed by atoms with Crippen LogP contribution in [-0.2, 0) is 4.74 Å². The number of carbonyl (C=O) groups is 1. The molecule has 1 fully saturated rings. The van der Waals surface area contributed by atoms with Gasteiger partial charge in [0.15, 0.2) is 0 Å². The zero-order chi connectivity index (χ0) is 17.2. The maximum absolute atomic E-state index is 12.6. The van der Waals surface area contributed by atoms with Gasteiger partial charge in [0, 0.05) is 19.3 Å². The molecule has 2 heterocycles. The van der Waals surface area contributed by atoms with Crippen LogP contribution in [0.3, 0.4) is 0 Å². The molecule has 2 aliphatic heterocycles. The number of amides is 1. The van der Waals surface area contributed by atoms with E-state index in [-0.39, 0.29) is 18.2 Å². The molecule has 25 heavy (non-hydrogen) atoms. The Morgan fingerprint density at radius 2 is 2.00 bits per heavy atom. The second kappa shape index (κ2) is 6.76. The number of nitrogens with zero attached hydrogens (tertiary/aromatic N) is 1. The summed E-state index contributed by atoms with van der Waals surface area (Å²) in [4.78, 5) is 14.3. The van der Waals surface area contributed by atoms with Crippen LogP contribution in [0.2, 0.25) is 0 Å². The van der Waals surface area contributed by atoms with Crippen molar-refractivity contribution >= 4 is 11.6 Å². The molecule has 1 N–H and O–H groups in total. The largest absolute Gasteiger partial charge is 0.491 e. The van der Waals surface area contributed by atoms with Crippen molar-refractivity contribution in [1.29, 1.82) is 0 Å². The molecular weight excluding hydrogens is 316 g/mol. The number of ether oxygens (including phenoxy) is 2. The minimum atomic E-state index is -0.186. The Labute approximate surface area is 147 Å². The lowest BCUT2D eigenvalue weighted by atomic mass is 10.0. The summed E-state index contributed by atoms with van der Waals surface area (Å²) in [6, 6.07) is 15.5. The summed E-state index contributed by atoms with van der Waals surface area (Å²) in [5.74, 6) is 0.850. The maximum atomic E-state index is 12.6. The fourth-order valence-electron chi connectivity index (χ4n) is 3.37. The van der Waals surface area contributed by atoms with Crippen molar-refractivity contribution in [3.8, 4) is 5.75 Å². The molecule has 2 atom stereocenters. The van der Waals surface area contributed by atoms with Gasteiger partial charge in [0.05, 0.1) is 11.7 Å². The van der Waals surface area contributed by atoms with Crippen LogP contribution in [0.5, 0.6) is 5.75 Å². The monoisotopic (exact) mass is 338 g/mol. The Morgan fingerprint density at radius 1 is 1.20 bits per heavy atom. The van der Waals surface area contributed by atoms with E-state index < -0.39 is 0 Å². The summed E-state index contributed by atoms with van der Waals surface area (Å²) in [6.07, 6.45) is 2.20. The first-order valence-electron chi connectivity index (χ1n) is 8.69. The van der Waals surface area contributed by atoms with Crippen LogP contribution in [-0.4, -0.2) is 37.2 Å². The Hall–Kier alpha value is -2.53. The van der Waals surface area contributed by atoms with Gasteiger partial charge in [-0.05, 0) is 42.7 Å². The van der Waals surface area contributed by atoms with Crippen LogP contribution in [0.1, 0.15) is 34.9 Å². The normalized spacial score (nSPS) is 22.4. The highest BCUT2D eigenvalue weighted by molar-refractivity contribution is 6.01. The molecule has 2 aliphatic rings. The molecule has 1 saturated heterocycles. The highest BCUT2D eigenvalue weighted by Gasteiger charge is 2.29. The second-order valence-electron chi connectivity index (χ2n) is 6.52. The Kier molecular flexibility index (Phi) is 4.32. The topological polar surface area (TPSA) is 50.8 Å². The standard InChI is InChI=1S/C20H22N2O3/c1-22-19(21-18-7-3-2-6-17(18)20(22)23)14-8-10-15(11-9-14)25-13-16-5-4-12-24-16/h2-3,6-11,16,19,21H,4-5,12-13H2,1H3. The SMILES string of the molecule is CN1C(=O)c2ccccc2NC1c1ccc(OCC2CCCO2)cc1. The molecule has 5 nitrogen and oxygen atoms in total. The minimum Gasteiger partial charge on any atom is -0.491 e. The van der Waals surface area contributed by atoms with Crippen molar-refractivity contribution in [2.75, 3.05) is 25.6 Å². The van der Waals surface area contributed by atoms with Gasteiger partial charge in [-0.15, -0.1) is 0 Å². The molecule has 0 saturated carbocycles. The van der Waals surface area contributed by atoms with Crippen molar-refractivity contribution in [1.82, 2.24) is 4.90 Å². The third kappa shape index (κ3) is 3.20. The summed E-state index contributed by atoms with van der Waals surface area (Å²) in [7, 11) is 1.82. The van der Waals surface area contributed by atoms with Crippen LogP contribution in [0.25, 0.3) is 0 Å². The van der Waals surface area contributed by atoms with Crippen molar-refractivity contribution in [3.63, 3.8) is 0 Å². The molecule has 0 bridgehead atoms. The van der Waals surface area contributed by atoms with E-state index in [1.54, 1.807) is 4.90 Å². The third-order valence-electron chi connectivity index (χ3n) is 4.81. The minimum absolute atomic E-state index is 0.0260. The molecule has 4 rings (SSSR count). The fraction of sp³-hybridized carbons (Fsp3) is 0.350. The molecule has 2 unspecified atom stereocenters. The smallest absolute Gasteiger partial charge is 0.257 e. The number of hydrogen-bond acceptors (Lipinski definition) is 4. The first-order valence-corrected chi connectivity index (χ1v) is 8.69. The predicted molar refractivity (Wildman–Crippen MR) is 95.8 cm³/mol. The van der Waals surface area contributed by atoms with Gasteiger partial charge in [-0.2, -0.15) is 0 Å². The highest BCUT2D eigenvalue weighted by Crippen LogP contribution is 2.32. The molecule has 1 amide bonds. The quantitative estimate of drug-likeness (QED) is 0.928. The lowest BCUT2D eigenvalue weighted by Crippen LogP contribution is -2.40. The van der Waals surface area contributed by atoms with Crippen molar-refractivity contribution in [2.24, 2.45) is 0 Å². The molecule has 2 aromatic carbocycles. The van der Waals surface area contributed by atoms with Crippen LogP contribution >= 0.6 is 0 Å². The highest BCUT2D eigenvalue weighted by atomic mass is 16.5. The van der Waals surface area contributed by atoms with Crippen LogP contribution < -0.4 is 10.1 Å². The average Bonchev–Trinajstić information content (AvgIpc) is 3.17. The summed E-state index contributed by atoms with van der Waals surface area (Å²) in [5, 5.41) is 3.43. The number of benzene rings is 2. The summed E-state index contributed by atoms with van der Waals surface area (Å²) < 4.78 is 11.4. The Morgan fingerprint density at radius 3 is 2.76 bits per heavy atom. The van der Waals surface area contributed by atoms with E-state index in [2.05, 4.69) is 5.32 Å². The van der Waals surface area contributed by atoms with E-state index in [0.717, 1.165) is 36.4 Å². The van der Waals surface area contributed by atoms with Gasteiger partial charge in [0.25, 0.3) is 5.91 Å². The van der Waals surface area contributed by atoms with Crippen LogP contribution in [0.15, 0.2) is 48.5 Å². The van der Waals surface area contributed by atoms with E-state index in [1.165, 1.54) is 0 Å². The van der Waals surface area contributed by atoms with E-state index in [1.807, 2.05) is 55.6 Å². The van der Waals surface area contributed by atoms with Gasteiger partial charge in [0.1, 0.15) is 18.5 Å². The van der Waals surface area contributed by atoms with E-state index in [0.29, 0.717) is 12.2 Å². The van der Waals surface area contributed by atoms with Gasteiger partial charge >= 0.3 is 0 Å². The summed E-state index contributed by atoms with van der Waals surface area (Å²) in [5.41, 5.74) is 2.60. The number of nitrogens with one attached hydrogen (secondary N) is 1. The maximum Gasteiger partial charge on any atom is 0.257 e. The molecule has 0 aromatic heterocycles. The number of anilines is 1. The summed E-state index contributed by atoms with van der Waals surface area (Å²) >= 11 is 0. The van der Waals surface area contributed by atoms with E-state index in [9.17, 15) is 4.79 Å². The Balaban J connectivity index is 1.47. The predicted octanol–water partition coefficient (Wildman–Crippen LogP) is 3.44. The van der Waals surface area contributed by atoms with E-state index in [4.69, 9.17) is 9.47 Å². The number of para-hydroxylation sites is 1. The van der Waals surface area contributed by atoms with Crippen molar-refractivity contribution in [3.05, 3.63) is 59.7 Å². The van der Waals surface area contributed by atoms with Crippen LogP contribution in [0, 0.1) is 0 Å². The number of fused-ring (bicyclic) bond motifs is 1. The molecule has 130 valence electrons. The first kappa shape index (κ1) is 16.0. The fourth-order valence-corrected chi connectivity index (χ4v) is 3.37. The first-order chi connectivity index (χ1) is 12.2. The van der Waals surface area contributed by atoms with Gasteiger partial charge in [-0.1, -0.05) is 24.3 Å². The van der Waals surface area contributed by atoms with Gasteiger partial charge in [-0.3, -0.25) is 4.79 Å². The molecule has 0 aliphatic carbocycles. The van der Waals surface area contributed by atoms with Gasteiger partial charge in [0.2, 0.25) is 0 Å². The average molecular weight is 338 g/mol. The zero-order valence-corrected chi connectivity index (χ0v) is 14.3. The summed E-state index contributed by atoms with van der Waals surface area (Å²) in [6.45, 7) is 1.43. The van der Waals surface area contributed by atoms with Gasteiger partial charge < -0.3 is 19.7 Å². The molecule has 0 spiro atoms. The van der Waals surface area contributed by atoms with Crippen molar-refractivity contribution < 1.29 is 14.3 Å². The van der Waals surface area contributed by atoms with Crippen LogP contribution in [0.4, 0.5) is 5.69 Å². The molecule has 0 radical (unpaired) electrons. The number of rotatable bonds is 4. The number of hydrogen-bond donors (Lipinski definition) is 1. The third-order valence-corrected chi connectivity index (χ3v) is 4.81. The molecule has 5 heteroatoms. The molecular formula is C20H22N2O3. The number of carbonyl (C=O) groups excluding carboxylic acids is 1.